The second-order valence-electron chi connectivity index (χ2n) is 8.44. The van der Waals surface area contributed by atoms with Crippen LogP contribution in [0.1, 0.15) is 42.2 Å². The average molecular weight is 444 g/mol. The first-order valence-corrected chi connectivity index (χ1v) is 12.1. The molecule has 168 valence electrons. The van der Waals surface area contributed by atoms with Gasteiger partial charge in [-0.3, -0.25) is 4.90 Å². The molecule has 1 N–H and O–H groups in total. The summed E-state index contributed by atoms with van der Waals surface area (Å²) in [4.78, 5) is 18.9. The number of amides is 2. The van der Waals surface area contributed by atoms with Crippen molar-refractivity contribution in [3.8, 4) is 11.5 Å². The van der Waals surface area contributed by atoms with Gasteiger partial charge in [-0.1, -0.05) is 6.07 Å². The van der Waals surface area contributed by atoms with Gasteiger partial charge in [-0.25, -0.2) is 4.79 Å². The van der Waals surface area contributed by atoms with Crippen LogP contribution in [0.2, 0.25) is 0 Å². The number of likely N-dealkylation sites (tertiary alicyclic amines) is 2. The Bertz CT molecular complexity index is 850. The number of piperidine rings is 1. The maximum Gasteiger partial charge on any atom is 0.317 e. The van der Waals surface area contributed by atoms with E-state index < -0.39 is 0 Å². The fourth-order valence-corrected chi connectivity index (χ4v) is 5.48. The van der Waals surface area contributed by atoms with Gasteiger partial charge >= 0.3 is 6.03 Å². The number of thiophene rings is 1. The lowest BCUT2D eigenvalue weighted by Crippen LogP contribution is -2.43. The minimum atomic E-state index is 0.0430. The van der Waals surface area contributed by atoms with E-state index in [-0.39, 0.29) is 12.1 Å². The van der Waals surface area contributed by atoms with Crippen LogP contribution in [-0.2, 0) is 6.54 Å². The highest BCUT2D eigenvalue weighted by molar-refractivity contribution is 7.09. The fraction of sp³-hybridized carbons (Fsp3) is 0.542. The van der Waals surface area contributed by atoms with Crippen molar-refractivity contribution in [2.45, 2.75) is 38.3 Å². The lowest BCUT2D eigenvalue weighted by Gasteiger charge is -2.32. The lowest BCUT2D eigenvalue weighted by atomic mass is 9.97. The zero-order chi connectivity index (χ0) is 21.6. The summed E-state index contributed by atoms with van der Waals surface area (Å²) in [5.74, 6) is 2.10. The van der Waals surface area contributed by atoms with Crippen LogP contribution in [-0.4, -0.2) is 56.2 Å². The smallest absolute Gasteiger partial charge is 0.317 e. The number of methoxy groups -OCH3 is 2. The molecular weight excluding hydrogens is 410 g/mol. The summed E-state index contributed by atoms with van der Waals surface area (Å²) in [6, 6.07) is 10.3. The molecule has 0 radical (unpaired) electrons. The van der Waals surface area contributed by atoms with Gasteiger partial charge in [0.1, 0.15) is 11.5 Å². The monoisotopic (exact) mass is 443 g/mol. The van der Waals surface area contributed by atoms with Gasteiger partial charge in [0.25, 0.3) is 0 Å². The Morgan fingerprint density at radius 3 is 2.68 bits per heavy atom. The van der Waals surface area contributed by atoms with Crippen LogP contribution in [0.3, 0.4) is 0 Å². The number of nitrogens with zero attached hydrogens (tertiary/aromatic N) is 2. The summed E-state index contributed by atoms with van der Waals surface area (Å²) in [6.07, 6.45) is 4.24. The summed E-state index contributed by atoms with van der Waals surface area (Å²) in [7, 11) is 3.32. The zero-order valence-electron chi connectivity index (χ0n) is 18.5. The van der Waals surface area contributed by atoms with Crippen molar-refractivity contribution in [2.24, 2.45) is 5.92 Å². The number of rotatable bonds is 7. The molecule has 0 spiro atoms. The molecule has 2 aromatic rings. The normalized spacial score (nSPS) is 20.1. The van der Waals surface area contributed by atoms with Crippen LogP contribution in [0.4, 0.5) is 4.79 Å². The number of hydrogen-bond acceptors (Lipinski definition) is 5. The van der Waals surface area contributed by atoms with Gasteiger partial charge in [0, 0.05) is 36.1 Å². The van der Waals surface area contributed by atoms with Crippen molar-refractivity contribution < 1.29 is 14.3 Å². The van der Waals surface area contributed by atoms with E-state index in [1.54, 1.807) is 14.2 Å². The minimum absolute atomic E-state index is 0.0430. The van der Waals surface area contributed by atoms with E-state index in [0.717, 1.165) is 75.5 Å². The quantitative estimate of drug-likeness (QED) is 0.683. The summed E-state index contributed by atoms with van der Waals surface area (Å²) in [6.45, 7) is 4.80. The van der Waals surface area contributed by atoms with Crippen molar-refractivity contribution >= 4 is 17.4 Å². The van der Waals surface area contributed by atoms with E-state index in [1.807, 2.05) is 34.4 Å². The molecule has 2 amide bonds. The summed E-state index contributed by atoms with van der Waals surface area (Å²) in [5, 5.41) is 5.36. The first-order chi connectivity index (χ1) is 15.2. The maximum absolute atomic E-state index is 13.0. The molecule has 1 unspecified atom stereocenters. The summed E-state index contributed by atoms with van der Waals surface area (Å²) < 4.78 is 10.9. The van der Waals surface area contributed by atoms with E-state index in [2.05, 4.69) is 27.7 Å². The largest absolute Gasteiger partial charge is 0.497 e. The van der Waals surface area contributed by atoms with Crippen LogP contribution >= 0.6 is 11.3 Å². The Kier molecular flexibility index (Phi) is 7.35. The molecule has 2 saturated heterocycles. The summed E-state index contributed by atoms with van der Waals surface area (Å²) >= 11 is 1.83. The predicted molar refractivity (Wildman–Crippen MR) is 124 cm³/mol. The average Bonchev–Trinajstić information content (AvgIpc) is 3.50. The fourth-order valence-electron chi connectivity index (χ4n) is 4.73. The molecule has 2 aliphatic rings. The Morgan fingerprint density at radius 2 is 1.97 bits per heavy atom. The SMILES string of the molecule is COc1ccc(C2CCCN2C(=O)NCC2CCN(Cc3cccs3)CC2)c(OC)c1. The maximum atomic E-state index is 13.0. The predicted octanol–water partition coefficient (Wildman–Crippen LogP) is 4.52. The van der Waals surface area contributed by atoms with Crippen LogP contribution in [0.5, 0.6) is 11.5 Å². The van der Waals surface area contributed by atoms with E-state index >= 15 is 0 Å². The van der Waals surface area contributed by atoms with Crippen molar-refractivity contribution in [1.82, 2.24) is 15.1 Å². The van der Waals surface area contributed by atoms with E-state index in [4.69, 9.17) is 9.47 Å². The van der Waals surface area contributed by atoms with Gasteiger partial charge in [-0.15, -0.1) is 11.3 Å². The summed E-state index contributed by atoms with van der Waals surface area (Å²) in [5.41, 5.74) is 1.05. The van der Waals surface area contributed by atoms with Crippen molar-refractivity contribution in [3.05, 3.63) is 46.2 Å². The van der Waals surface area contributed by atoms with Gasteiger partial charge in [-0.2, -0.15) is 0 Å². The molecule has 0 saturated carbocycles. The van der Waals surface area contributed by atoms with Gasteiger partial charge in [0.05, 0.1) is 20.3 Å². The van der Waals surface area contributed by atoms with Gasteiger partial charge in [0.15, 0.2) is 0 Å². The molecule has 31 heavy (non-hydrogen) atoms. The molecule has 7 heteroatoms. The molecule has 0 aliphatic carbocycles. The van der Waals surface area contributed by atoms with Gasteiger partial charge < -0.3 is 19.7 Å². The standard InChI is InChI=1S/C24H33N3O3S/c1-29-19-7-8-21(23(15-19)30-2)22-6-3-11-27(22)24(28)25-16-18-9-12-26(13-10-18)17-20-5-4-14-31-20/h4-5,7-8,14-15,18,22H,3,6,9-13,16-17H2,1-2H3,(H,25,28). The van der Waals surface area contributed by atoms with E-state index in [9.17, 15) is 4.79 Å². The second-order valence-corrected chi connectivity index (χ2v) is 9.48. The number of carbonyl (C=O) groups is 1. The van der Waals surface area contributed by atoms with Crippen LogP contribution in [0.15, 0.2) is 35.7 Å². The molecule has 6 nitrogen and oxygen atoms in total. The minimum Gasteiger partial charge on any atom is -0.497 e. The molecule has 3 heterocycles. The molecule has 4 rings (SSSR count). The van der Waals surface area contributed by atoms with Crippen LogP contribution in [0, 0.1) is 5.92 Å². The number of ether oxygens (including phenoxy) is 2. The highest BCUT2D eigenvalue weighted by Gasteiger charge is 2.32. The first kappa shape index (κ1) is 22.0. The van der Waals surface area contributed by atoms with Crippen LogP contribution < -0.4 is 14.8 Å². The molecule has 1 aromatic heterocycles. The number of carbonyl (C=O) groups excluding carboxylic acids is 1. The molecule has 2 aliphatic heterocycles. The first-order valence-electron chi connectivity index (χ1n) is 11.2. The van der Waals surface area contributed by atoms with E-state index in [1.165, 1.54) is 4.88 Å². The van der Waals surface area contributed by atoms with Gasteiger partial charge in [-0.05, 0) is 68.3 Å². The molecule has 1 aromatic carbocycles. The highest BCUT2D eigenvalue weighted by atomic mass is 32.1. The third-order valence-electron chi connectivity index (χ3n) is 6.52. The van der Waals surface area contributed by atoms with E-state index in [0.29, 0.717) is 5.92 Å². The van der Waals surface area contributed by atoms with Crippen LogP contribution in [0.25, 0.3) is 0 Å². The molecule has 2 fully saturated rings. The second kappa shape index (κ2) is 10.4. The number of urea groups is 1. The number of hydrogen-bond donors (Lipinski definition) is 1. The Balaban J connectivity index is 1.29. The third kappa shape index (κ3) is 5.33. The molecule has 0 bridgehead atoms. The highest BCUT2D eigenvalue weighted by Crippen LogP contribution is 2.38. The van der Waals surface area contributed by atoms with Crippen molar-refractivity contribution in [3.63, 3.8) is 0 Å². The topological polar surface area (TPSA) is 54.0 Å². The third-order valence-corrected chi connectivity index (χ3v) is 7.38. The zero-order valence-corrected chi connectivity index (χ0v) is 19.3. The Morgan fingerprint density at radius 1 is 1.13 bits per heavy atom. The number of benzene rings is 1. The Labute approximate surface area is 189 Å². The molecular formula is C24H33N3O3S. The lowest BCUT2D eigenvalue weighted by molar-refractivity contribution is 0.167. The van der Waals surface area contributed by atoms with Crippen molar-refractivity contribution in [1.29, 1.82) is 0 Å². The number of nitrogens with one attached hydrogen (secondary N) is 1. The van der Waals surface area contributed by atoms with Gasteiger partial charge in [0.2, 0.25) is 0 Å². The molecule has 1 atom stereocenters. The Hall–Kier alpha value is -2.25. The van der Waals surface area contributed by atoms with Crippen molar-refractivity contribution in [2.75, 3.05) is 40.4 Å².